The predicted octanol–water partition coefficient (Wildman–Crippen LogP) is 2.13. The molecular weight excluding hydrogens is 230 g/mol. The van der Waals surface area contributed by atoms with Crippen molar-refractivity contribution in [3.05, 3.63) is 47.3 Å². The normalized spacial score (nSPS) is 9.83. The zero-order valence-electron chi connectivity index (χ0n) is 10.0. The summed E-state index contributed by atoms with van der Waals surface area (Å²) in [6, 6.07) is 8.88. The molecule has 0 radical (unpaired) electrons. The molecule has 0 saturated heterocycles. The molecule has 5 nitrogen and oxygen atoms in total. The quantitative estimate of drug-likeness (QED) is 0.807. The highest BCUT2D eigenvalue weighted by Gasteiger charge is 2.18. The van der Waals surface area contributed by atoms with Crippen molar-refractivity contribution in [2.45, 2.75) is 6.92 Å². The minimum atomic E-state index is -0.219. The summed E-state index contributed by atoms with van der Waals surface area (Å²) in [5.74, 6) is 0.257. The Labute approximate surface area is 104 Å². The van der Waals surface area contributed by atoms with Gasteiger partial charge in [-0.3, -0.25) is 4.79 Å². The maximum atomic E-state index is 12.2. The van der Waals surface area contributed by atoms with Gasteiger partial charge < -0.3 is 9.42 Å². The van der Waals surface area contributed by atoms with Gasteiger partial charge in [0.05, 0.1) is 17.8 Å². The molecule has 2 aromatic rings. The fraction of sp³-hybridized carbons (Fsp3) is 0.154. The molecule has 0 bridgehead atoms. The van der Waals surface area contributed by atoms with Crippen LogP contribution in [-0.4, -0.2) is 18.1 Å². The van der Waals surface area contributed by atoms with Crippen molar-refractivity contribution in [2.75, 3.05) is 11.9 Å². The molecule has 0 fully saturated rings. The van der Waals surface area contributed by atoms with Crippen LogP contribution in [0.4, 0.5) is 5.69 Å². The lowest BCUT2D eigenvalue weighted by Crippen LogP contribution is -2.26. The van der Waals surface area contributed by atoms with Gasteiger partial charge in [0.15, 0.2) is 0 Å². The van der Waals surface area contributed by atoms with Crippen molar-refractivity contribution in [3.63, 3.8) is 0 Å². The Morgan fingerprint density at radius 2 is 2.28 bits per heavy atom. The van der Waals surface area contributed by atoms with Crippen molar-refractivity contribution in [2.24, 2.45) is 0 Å². The molecule has 0 spiro atoms. The lowest BCUT2D eigenvalue weighted by molar-refractivity contribution is 0.0991. The van der Waals surface area contributed by atoms with E-state index in [2.05, 4.69) is 5.16 Å². The van der Waals surface area contributed by atoms with E-state index in [4.69, 9.17) is 9.78 Å². The molecule has 90 valence electrons. The second kappa shape index (κ2) is 4.72. The molecule has 0 aliphatic heterocycles. The van der Waals surface area contributed by atoms with Crippen molar-refractivity contribution in [1.82, 2.24) is 5.16 Å². The van der Waals surface area contributed by atoms with Crippen LogP contribution in [0.1, 0.15) is 21.7 Å². The number of amides is 1. The molecule has 0 saturated carbocycles. The van der Waals surface area contributed by atoms with E-state index in [1.165, 1.54) is 11.1 Å². The van der Waals surface area contributed by atoms with Gasteiger partial charge in [0.1, 0.15) is 11.3 Å². The van der Waals surface area contributed by atoms with Crippen molar-refractivity contribution >= 4 is 11.6 Å². The predicted molar refractivity (Wildman–Crippen MR) is 65.1 cm³/mol. The summed E-state index contributed by atoms with van der Waals surface area (Å²) < 4.78 is 4.87. The van der Waals surface area contributed by atoms with Crippen molar-refractivity contribution < 1.29 is 9.32 Å². The minimum Gasteiger partial charge on any atom is -0.361 e. The topological polar surface area (TPSA) is 70.1 Å². The van der Waals surface area contributed by atoms with Crippen LogP contribution >= 0.6 is 0 Å². The average molecular weight is 241 g/mol. The smallest absolute Gasteiger partial charge is 0.263 e. The maximum Gasteiger partial charge on any atom is 0.263 e. The number of carbonyl (C=O) groups excluding carboxylic acids is 1. The third kappa shape index (κ3) is 2.09. The van der Waals surface area contributed by atoms with Gasteiger partial charge in [-0.1, -0.05) is 11.2 Å². The van der Waals surface area contributed by atoms with E-state index in [1.807, 2.05) is 6.07 Å². The Morgan fingerprint density at radius 1 is 1.50 bits per heavy atom. The van der Waals surface area contributed by atoms with Gasteiger partial charge in [-0.25, -0.2) is 0 Å². The Bertz CT molecular complexity index is 625. The summed E-state index contributed by atoms with van der Waals surface area (Å²) in [6.45, 7) is 1.68. The molecule has 1 heterocycles. The number of nitriles is 1. The lowest BCUT2D eigenvalue weighted by Gasteiger charge is -2.16. The van der Waals surface area contributed by atoms with Crippen LogP contribution in [0, 0.1) is 18.3 Å². The first-order valence-corrected chi connectivity index (χ1v) is 5.33. The minimum absolute atomic E-state index is 0.219. The van der Waals surface area contributed by atoms with Crippen LogP contribution in [0.3, 0.4) is 0 Å². The van der Waals surface area contributed by atoms with Crippen LogP contribution in [0.15, 0.2) is 35.0 Å². The van der Waals surface area contributed by atoms with Crippen LogP contribution < -0.4 is 4.90 Å². The van der Waals surface area contributed by atoms with Crippen molar-refractivity contribution in [1.29, 1.82) is 5.26 Å². The summed E-state index contributed by atoms with van der Waals surface area (Å²) in [5.41, 5.74) is 1.58. The Morgan fingerprint density at radius 3 is 2.89 bits per heavy atom. The highest BCUT2D eigenvalue weighted by Crippen LogP contribution is 2.18. The first kappa shape index (κ1) is 11.9. The van der Waals surface area contributed by atoms with Crippen molar-refractivity contribution in [3.8, 4) is 6.07 Å². The monoisotopic (exact) mass is 241 g/mol. The number of benzene rings is 1. The molecule has 18 heavy (non-hydrogen) atoms. The number of rotatable bonds is 2. The number of aryl methyl sites for hydroxylation is 1. The SMILES string of the molecule is Cc1oncc1C(=O)N(C)c1cccc(C#N)c1. The fourth-order valence-electron chi connectivity index (χ4n) is 1.59. The van der Waals surface area contributed by atoms with Gasteiger partial charge in [-0.15, -0.1) is 0 Å². The summed E-state index contributed by atoms with van der Waals surface area (Å²) >= 11 is 0. The number of anilines is 1. The Kier molecular flexibility index (Phi) is 3.11. The second-order valence-electron chi connectivity index (χ2n) is 3.82. The number of nitrogens with zero attached hydrogens (tertiary/aromatic N) is 3. The molecule has 0 aliphatic rings. The number of carbonyl (C=O) groups is 1. The highest BCUT2D eigenvalue weighted by molar-refractivity contribution is 6.06. The number of hydrogen-bond acceptors (Lipinski definition) is 4. The number of aromatic nitrogens is 1. The standard InChI is InChI=1S/C13H11N3O2/c1-9-12(8-15-18-9)13(17)16(2)11-5-3-4-10(6-11)7-14/h3-6,8H,1-2H3. The third-order valence-corrected chi connectivity index (χ3v) is 2.65. The molecule has 5 heteroatoms. The molecule has 0 aliphatic carbocycles. The largest absolute Gasteiger partial charge is 0.361 e. The number of hydrogen-bond donors (Lipinski definition) is 0. The van der Waals surface area contributed by atoms with E-state index in [9.17, 15) is 4.79 Å². The van der Waals surface area contributed by atoms with E-state index in [1.54, 1.807) is 38.2 Å². The molecule has 1 aromatic heterocycles. The van der Waals surface area contributed by atoms with Gasteiger partial charge in [0, 0.05) is 12.7 Å². The molecule has 1 aromatic carbocycles. The lowest BCUT2D eigenvalue weighted by atomic mass is 10.2. The molecule has 1 amide bonds. The molecule has 0 N–H and O–H groups in total. The van der Waals surface area contributed by atoms with Gasteiger partial charge in [0.25, 0.3) is 5.91 Å². The maximum absolute atomic E-state index is 12.2. The van der Waals surface area contributed by atoms with Gasteiger partial charge >= 0.3 is 0 Å². The first-order valence-electron chi connectivity index (χ1n) is 5.33. The summed E-state index contributed by atoms with van der Waals surface area (Å²) in [5, 5.41) is 12.4. The van der Waals surface area contributed by atoms with Crippen LogP contribution in [0.25, 0.3) is 0 Å². The fourth-order valence-corrected chi connectivity index (χ4v) is 1.59. The third-order valence-electron chi connectivity index (χ3n) is 2.65. The average Bonchev–Trinajstić information content (AvgIpc) is 2.83. The second-order valence-corrected chi connectivity index (χ2v) is 3.82. The van der Waals surface area contributed by atoms with E-state index in [-0.39, 0.29) is 5.91 Å². The Hall–Kier alpha value is -2.61. The van der Waals surface area contributed by atoms with Crippen LogP contribution in [0.5, 0.6) is 0 Å². The first-order chi connectivity index (χ1) is 8.63. The van der Waals surface area contributed by atoms with Crippen LogP contribution in [-0.2, 0) is 0 Å². The van der Waals surface area contributed by atoms with E-state index >= 15 is 0 Å². The van der Waals surface area contributed by atoms with E-state index < -0.39 is 0 Å². The zero-order valence-corrected chi connectivity index (χ0v) is 10.0. The Balaban J connectivity index is 2.32. The summed E-state index contributed by atoms with van der Waals surface area (Å²) in [7, 11) is 1.64. The molecule has 2 rings (SSSR count). The van der Waals surface area contributed by atoms with Gasteiger partial charge in [-0.2, -0.15) is 5.26 Å². The summed E-state index contributed by atoms with van der Waals surface area (Å²) in [6.07, 6.45) is 1.39. The van der Waals surface area contributed by atoms with Crippen LogP contribution in [0.2, 0.25) is 0 Å². The highest BCUT2D eigenvalue weighted by atomic mass is 16.5. The van der Waals surface area contributed by atoms with E-state index in [0.29, 0.717) is 22.6 Å². The van der Waals surface area contributed by atoms with Gasteiger partial charge in [0.2, 0.25) is 0 Å². The molecule has 0 atom stereocenters. The van der Waals surface area contributed by atoms with Gasteiger partial charge in [-0.05, 0) is 25.1 Å². The zero-order chi connectivity index (χ0) is 13.1. The molecular formula is C13H11N3O2. The summed E-state index contributed by atoms with van der Waals surface area (Å²) in [4.78, 5) is 13.6. The molecule has 0 unspecified atom stereocenters. The van der Waals surface area contributed by atoms with E-state index in [0.717, 1.165) is 0 Å².